The molecule has 1 saturated heterocycles. The van der Waals surface area contributed by atoms with Crippen LogP contribution in [0.15, 0.2) is 12.1 Å². The number of aryl methyl sites for hydroxylation is 1. The van der Waals surface area contributed by atoms with E-state index in [0.717, 1.165) is 31.7 Å². The molecule has 3 nitrogen and oxygen atoms in total. The molecule has 0 aromatic heterocycles. The summed E-state index contributed by atoms with van der Waals surface area (Å²) in [6.45, 7) is 10.4. The minimum Gasteiger partial charge on any atom is -0.496 e. The zero-order valence-corrected chi connectivity index (χ0v) is 13.4. The first-order valence-corrected chi connectivity index (χ1v) is 7.55. The number of likely N-dealkylation sites (N-methyl/N-ethyl adjacent to an activating group) is 1. The van der Waals surface area contributed by atoms with Crippen LogP contribution in [-0.2, 0) is 4.74 Å². The van der Waals surface area contributed by atoms with Crippen LogP contribution in [0.1, 0.15) is 49.4 Å². The third-order valence-electron chi connectivity index (χ3n) is 4.49. The summed E-state index contributed by atoms with van der Waals surface area (Å²) in [5.41, 5.74) is 3.54. The lowest BCUT2D eigenvalue weighted by Crippen LogP contribution is -2.41. The highest BCUT2D eigenvalue weighted by Crippen LogP contribution is 2.42. The Morgan fingerprint density at radius 1 is 1.40 bits per heavy atom. The topological polar surface area (TPSA) is 30.5 Å². The Morgan fingerprint density at radius 2 is 2.15 bits per heavy atom. The normalized spacial score (nSPS) is 23.9. The van der Waals surface area contributed by atoms with E-state index in [0.29, 0.717) is 0 Å². The van der Waals surface area contributed by atoms with Crippen molar-refractivity contribution < 1.29 is 9.47 Å². The highest BCUT2D eigenvalue weighted by molar-refractivity contribution is 5.47. The van der Waals surface area contributed by atoms with Crippen molar-refractivity contribution in [1.29, 1.82) is 0 Å². The molecule has 112 valence electrons. The number of methoxy groups -OCH3 is 1. The maximum absolute atomic E-state index is 6.06. The molecule has 0 bridgehead atoms. The average Bonchev–Trinajstić information content (AvgIpc) is 2.87. The van der Waals surface area contributed by atoms with Gasteiger partial charge in [-0.3, -0.25) is 0 Å². The van der Waals surface area contributed by atoms with E-state index >= 15 is 0 Å². The van der Waals surface area contributed by atoms with Crippen molar-refractivity contribution in [1.82, 2.24) is 5.32 Å². The second-order valence-corrected chi connectivity index (χ2v) is 5.89. The molecule has 1 heterocycles. The Kier molecular flexibility index (Phi) is 4.71. The summed E-state index contributed by atoms with van der Waals surface area (Å²) in [7, 11) is 1.76. The Morgan fingerprint density at radius 3 is 2.70 bits per heavy atom. The first-order valence-electron chi connectivity index (χ1n) is 7.55. The SMILES string of the molecule is CCNC(c1ccc(C)c(C)c1OC)C1(C)CCCO1. The summed E-state index contributed by atoms with van der Waals surface area (Å²) in [5, 5.41) is 3.60. The standard InChI is InChI=1S/C17H27NO2/c1-6-18-16(17(4)10-7-11-20-17)14-9-8-12(2)13(3)15(14)19-5/h8-9,16,18H,6-7,10-11H2,1-5H3. The molecule has 2 rings (SSSR count). The van der Waals surface area contributed by atoms with Gasteiger partial charge in [-0.1, -0.05) is 19.1 Å². The summed E-state index contributed by atoms with van der Waals surface area (Å²) < 4.78 is 11.8. The van der Waals surface area contributed by atoms with Crippen molar-refractivity contribution in [3.63, 3.8) is 0 Å². The molecule has 1 aromatic rings. The van der Waals surface area contributed by atoms with E-state index in [-0.39, 0.29) is 11.6 Å². The van der Waals surface area contributed by atoms with Crippen LogP contribution in [0.4, 0.5) is 0 Å². The van der Waals surface area contributed by atoms with E-state index in [9.17, 15) is 0 Å². The van der Waals surface area contributed by atoms with E-state index in [2.05, 4.69) is 45.1 Å². The van der Waals surface area contributed by atoms with E-state index < -0.39 is 0 Å². The largest absolute Gasteiger partial charge is 0.496 e. The second-order valence-electron chi connectivity index (χ2n) is 5.89. The monoisotopic (exact) mass is 277 g/mol. The van der Waals surface area contributed by atoms with Gasteiger partial charge in [-0.25, -0.2) is 0 Å². The number of hydrogen-bond donors (Lipinski definition) is 1. The van der Waals surface area contributed by atoms with E-state index in [4.69, 9.17) is 9.47 Å². The van der Waals surface area contributed by atoms with Crippen molar-refractivity contribution in [2.75, 3.05) is 20.3 Å². The molecular weight excluding hydrogens is 250 g/mol. The molecule has 2 unspecified atom stereocenters. The number of nitrogens with one attached hydrogen (secondary N) is 1. The summed E-state index contributed by atoms with van der Waals surface area (Å²) in [5.74, 6) is 0.993. The van der Waals surface area contributed by atoms with Gasteiger partial charge in [0.05, 0.1) is 18.8 Å². The predicted octanol–water partition coefficient (Wildman–Crippen LogP) is 3.53. The van der Waals surface area contributed by atoms with Crippen LogP contribution >= 0.6 is 0 Å². The third-order valence-corrected chi connectivity index (χ3v) is 4.49. The van der Waals surface area contributed by atoms with Gasteiger partial charge in [0.15, 0.2) is 0 Å². The molecule has 1 aromatic carbocycles. The molecule has 0 amide bonds. The summed E-state index contributed by atoms with van der Waals surface area (Å²) in [6, 6.07) is 4.53. The first-order chi connectivity index (χ1) is 9.53. The molecule has 0 spiro atoms. The summed E-state index contributed by atoms with van der Waals surface area (Å²) in [6.07, 6.45) is 2.21. The smallest absolute Gasteiger partial charge is 0.126 e. The minimum absolute atomic E-state index is 0.148. The molecule has 1 fully saturated rings. The van der Waals surface area contributed by atoms with Gasteiger partial charge in [-0.05, 0) is 51.3 Å². The van der Waals surface area contributed by atoms with Crippen LogP contribution in [0.3, 0.4) is 0 Å². The van der Waals surface area contributed by atoms with Gasteiger partial charge in [0.2, 0.25) is 0 Å². The maximum Gasteiger partial charge on any atom is 0.126 e. The molecule has 0 saturated carbocycles. The molecule has 0 aliphatic carbocycles. The highest BCUT2D eigenvalue weighted by Gasteiger charge is 2.40. The second kappa shape index (κ2) is 6.15. The highest BCUT2D eigenvalue weighted by atomic mass is 16.5. The van der Waals surface area contributed by atoms with Crippen LogP contribution < -0.4 is 10.1 Å². The first kappa shape index (κ1) is 15.3. The maximum atomic E-state index is 6.06. The molecule has 2 atom stereocenters. The molecule has 20 heavy (non-hydrogen) atoms. The fourth-order valence-electron chi connectivity index (χ4n) is 3.20. The lowest BCUT2D eigenvalue weighted by molar-refractivity contribution is -0.0126. The van der Waals surface area contributed by atoms with Crippen LogP contribution in [0.25, 0.3) is 0 Å². The van der Waals surface area contributed by atoms with Crippen molar-refractivity contribution in [2.45, 2.75) is 52.2 Å². The Hall–Kier alpha value is -1.06. The fourth-order valence-corrected chi connectivity index (χ4v) is 3.20. The van der Waals surface area contributed by atoms with Crippen LogP contribution in [-0.4, -0.2) is 25.9 Å². The number of ether oxygens (including phenoxy) is 2. The van der Waals surface area contributed by atoms with Gasteiger partial charge >= 0.3 is 0 Å². The number of rotatable bonds is 5. The van der Waals surface area contributed by atoms with Gasteiger partial charge in [-0.2, -0.15) is 0 Å². The van der Waals surface area contributed by atoms with Gasteiger partial charge in [0, 0.05) is 12.2 Å². The van der Waals surface area contributed by atoms with Crippen molar-refractivity contribution in [3.05, 3.63) is 28.8 Å². The summed E-state index contributed by atoms with van der Waals surface area (Å²) >= 11 is 0. The van der Waals surface area contributed by atoms with Crippen molar-refractivity contribution >= 4 is 0 Å². The van der Waals surface area contributed by atoms with Crippen molar-refractivity contribution in [2.24, 2.45) is 0 Å². The fraction of sp³-hybridized carbons (Fsp3) is 0.647. The molecule has 1 N–H and O–H groups in total. The predicted molar refractivity (Wildman–Crippen MR) is 82.5 cm³/mol. The Balaban J connectivity index is 2.46. The van der Waals surface area contributed by atoms with E-state index in [1.165, 1.54) is 16.7 Å². The number of hydrogen-bond acceptors (Lipinski definition) is 3. The number of benzene rings is 1. The molecule has 3 heteroatoms. The Bertz CT molecular complexity index is 464. The van der Waals surface area contributed by atoms with Crippen LogP contribution in [0, 0.1) is 13.8 Å². The van der Waals surface area contributed by atoms with Crippen molar-refractivity contribution in [3.8, 4) is 5.75 Å². The van der Waals surface area contributed by atoms with Gasteiger partial charge < -0.3 is 14.8 Å². The van der Waals surface area contributed by atoms with E-state index in [1.807, 2.05) is 0 Å². The van der Waals surface area contributed by atoms with Gasteiger partial charge in [-0.15, -0.1) is 0 Å². The zero-order valence-electron chi connectivity index (χ0n) is 13.4. The van der Waals surface area contributed by atoms with Gasteiger partial charge in [0.1, 0.15) is 5.75 Å². The van der Waals surface area contributed by atoms with Crippen LogP contribution in [0.2, 0.25) is 0 Å². The third kappa shape index (κ3) is 2.70. The van der Waals surface area contributed by atoms with Crippen LogP contribution in [0.5, 0.6) is 5.75 Å². The average molecular weight is 277 g/mol. The lowest BCUT2D eigenvalue weighted by Gasteiger charge is -2.35. The molecule has 0 radical (unpaired) electrons. The molecule has 1 aliphatic rings. The van der Waals surface area contributed by atoms with Gasteiger partial charge in [0.25, 0.3) is 0 Å². The molecule has 1 aliphatic heterocycles. The Labute approximate surface area is 122 Å². The zero-order chi connectivity index (χ0) is 14.8. The lowest BCUT2D eigenvalue weighted by atomic mass is 9.85. The summed E-state index contributed by atoms with van der Waals surface area (Å²) in [4.78, 5) is 0. The quantitative estimate of drug-likeness (QED) is 0.893. The molecular formula is C17H27NO2. The van der Waals surface area contributed by atoms with E-state index in [1.54, 1.807) is 7.11 Å². The minimum atomic E-state index is -0.148.